The number of ether oxygens (including phenoxy) is 2. The molecule has 1 N–H and O–H groups in total. The van der Waals surface area contributed by atoms with Crippen LogP contribution in [0.4, 0.5) is 0 Å². The molecule has 98 valence electrons. The largest absolute Gasteiger partial charge is 0.493 e. The van der Waals surface area contributed by atoms with Gasteiger partial charge in [0.2, 0.25) is 0 Å². The van der Waals surface area contributed by atoms with Crippen LogP contribution >= 0.6 is 0 Å². The zero-order valence-corrected chi connectivity index (χ0v) is 10.7. The maximum atomic E-state index is 8.78. The van der Waals surface area contributed by atoms with Gasteiger partial charge in [0.1, 0.15) is 0 Å². The Balaban J connectivity index is 2.40. The highest BCUT2D eigenvalue weighted by atomic mass is 16.5. The van der Waals surface area contributed by atoms with Gasteiger partial charge >= 0.3 is 0 Å². The summed E-state index contributed by atoms with van der Waals surface area (Å²) >= 11 is 0. The molecule has 0 spiro atoms. The number of benzene rings is 1. The second kappa shape index (κ2) is 8.37. The average Bonchev–Trinajstić information content (AvgIpc) is 2.42. The molecule has 0 aliphatic rings. The predicted octanol–water partition coefficient (Wildman–Crippen LogP) is 2.50. The molecule has 1 rings (SSSR count). The maximum Gasteiger partial charge on any atom is 0.162 e. The zero-order valence-electron chi connectivity index (χ0n) is 10.7. The van der Waals surface area contributed by atoms with Crippen LogP contribution in [0.3, 0.4) is 0 Å². The summed E-state index contributed by atoms with van der Waals surface area (Å²) in [7, 11) is 1.56. The van der Waals surface area contributed by atoms with E-state index in [0.29, 0.717) is 23.7 Å². The van der Waals surface area contributed by atoms with Gasteiger partial charge in [-0.25, -0.2) is 0 Å². The Morgan fingerprint density at radius 1 is 1.17 bits per heavy atom. The molecule has 4 nitrogen and oxygen atoms in total. The third-order valence-electron chi connectivity index (χ3n) is 2.60. The zero-order chi connectivity index (χ0) is 13.2. The van der Waals surface area contributed by atoms with Gasteiger partial charge in [0, 0.05) is 12.7 Å². The molecule has 0 aliphatic carbocycles. The SMILES string of the molecule is COc1cc(C#N)ccc1OCCCCCCO. The number of hydrogen-bond acceptors (Lipinski definition) is 4. The molecule has 1 aromatic rings. The fourth-order valence-electron chi connectivity index (χ4n) is 1.61. The van der Waals surface area contributed by atoms with Crippen molar-refractivity contribution in [1.29, 1.82) is 5.26 Å². The van der Waals surface area contributed by atoms with Gasteiger partial charge in [-0.2, -0.15) is 5.26 Å². The van der Waals surface area contributed by atoms with Crippen molar-refractivity contribution in [3.05, 3.63) is 23.8 Å². The molecule has 1 aromatic carbocycles. The highest BCUT2D eigenvalue weighted by Gasteiger charge is 2.05. The lowest BCUT2D eigenvalue weighted by Gasteiger charge is -2.10. The van der Waals surface area contributed by atoms with E-state index >= 15 is 0 Å². The molecule has 0 bridgehead atoms. The van der Waals surface area contributed by atoms with Crippen LogP contribution in [0.15, 0.2) is 18.2 Å². The van der Waals surface area contributed by atoms with Crippen LogP contribution in [-0.2, 0) is 0 Å². The van der Waals surface area contributed by atoms with Gasteiger partial charge in [-0.05, 0) is 31.4 Å². The molecule has 0 saturated carbocycles. The van der Waals surface area contributed by atoms with Crippen LogP contribution in [0.25, 0.3) is 0 Å². The van der Waals surface area contributed by atoms with E-state index in [0.717, 1.165) is 25.7 Å². The highest BCUT2D eigenvalue weighted by molar-refractivity contribution is 5.46. The number of methoxy groups -OCH3 is 1. The first-order chi connectivity index (χ1) is 8.81. The van der Waals surface area contributed by atoms with Crippen molar-refractivity contribution in [3.63, 3.8) is 0 Å². The molecule has 0 amide bonds. The fraction of sp³-hybridized carbons (Fsp3) is 0.500. The Morgan fingerprint density at radius 3 is 2.61 bits per heavy atom. The molecular formula is C14H19NO3. The van der Waals surface area contributed by atoms with Crippen molar-refractivity contribution in [2.45, 2.75) is 25.7 Å². The Hall–Kier alpha value is -1.73. The number of nitrogens with zero attached hydrogens (tertiary/aromatic N) is 1. The summed E-state index contributed by atoms with van der Waals surface area (Å²) in [6.07, 6.45) is 3.85. The van der Waals surface area contributed by atoms with E-state index in [4.69, 9.17) is 19.8 Å². The van der Waals surface area contributed by atoms with Gasteiger partial charge < -0.3 is 14.6 Å². The standard InChI is InChI=1S/C14H19NO3/c1-17-14-10-12(11-15)6-7-13(14)18-9-5-3-2-4-8-16/h6-7,10,16H,2-5,8-9H2,1H3. The van der Waals surface area contributed by atoms with E-state index in [9.17, 15) is 0 Å². The van der Waals surface area contributed by atoms with Crippen molar-refractivity contribution in [3.8, 4) is 17.6 Å². The molecule has 0 fully saturated rings. The third-order valence-corrected chi connectivity index (χ3v) is 2.60. The van der Waals surface area contributed by atoms with Crippen molar-refractivity contribution in [1.82, 2.24) is 0 Å². The summed E-state index contributed by atoms with van der Waals surface area (Å²) in [5.74, 6) is 1.25. The lowest BCUT2D eigenvalue weighted by molar-refractivity contribution is 0.268. The van der Waals surface area contributed by atoms with E-state index in [1.54, 1.807) is 25.3 Å². The second-order valence-electron chi connectivity index (χ2n) is 3.96. The first kappa shape index (κ1) is 14.3. The van der Waals surface area contributed by atoms with Crippen LogP contribution in [0.1, 0.15) is 31.2 Å². The van der Waals surface area contributed by atoms with E-state index in [1.165, 1.54) is 0 Å². The molecule has 0 radical (unpaired) electrons. The Labute approximate surface area is 108 Å². The minimum Gasteiger partial charge on any atom is -0.493 e. The topological polar surface area (TPSA) is 62.5 Å². The van der Waals surface area contributed by atoms with Crippen molar-refractivity contribution < 1.29 is 14.6 Å². The normalized spacial score (nSPS) is 9.83. The molecular weight excluding hydrogens is 230 g/mol. The minimum absolute atomic E-state index is 0.254. The van der Waals surface area contributed by atoms with Gasteiger partial charge in [0.25, 0.3) is 0 Å². The van der Waals surface area contributed by atoms with Gasteiger partial charge in [0.15, 0.2) is 11.5 Å². The van der Waals surface area contributed by atoms with Crippen LogP contribution < -0.4 is 9.47 Å². The Morgan fingerprint density at radius 2 is 1.94 bits per heavy atom. The quantitative estimate of drug-likeness (QED) is 0.719. The third kappa shape index (κ3) is 4.64. The summed E-state index contributed by atoms with van der Waals surface area (Å²) < 4.78 is 10.8. The number of rotatable bonds is 8. The summed E-state index contributed by atoms with van der Waals surface area (Å²) in [5.41, 5.74) is 0.558. The molecule has 4 heteroatoms. The van der Waals surface area contributed by atoms with Gasteiger partial charge in [-0.1, -0.05) is 6.42 Å². The van der Waals surface area contributed by atoms with E-state index in [1.807, 2.05) is 0 Å². The number of aliphatic hydroxyl groups excluding tert-OH is 1. The number of nitriles is 1. The molecule has 0 aliphatic heterocycles. The minimum atomic E-state index is 0.254. The fourth-order valence-corrected chi connectivity index (χ4v) is 1.61. The summed E-state index contributed by atoms with van der Waals surface area (Å²) in [5, 5.41) is 17.4. The lowest BCUT2D eigenvalue weighted by Crippen LogP contribution is -2.00. The number of hydrogen-bond donors (Lipinski definition) is 1. The average molecular weight is 249 g/mol. The van der Waals surface area contributed by atoms with Crippen molar-refractivity contribution in [2.75, 3.05) is 20.3 Å². The van der Waals surface area contributed by atoms with Crippen molar-refractivity contribution in [2.24, 2.45) is 0 Å². The van der Waals surface area contributed by atoms with Crippen LogP contribution in [0.2, 0.25) is 0 Å². The second-order valence-corrected chi connectivity index (χ2v) is 3.96. The summed E-state index contributed by atoms with van der Waals surface area (Å²) in [4.78, 5) is 0. The van der Waals surface area contributed by atoms with Crippen LogP contribution in [-0.4, -0.2) is 25.4 Å². The van der Waals surface area contributed by atoms with Gasteiger partial charge in [-0.15, -0.1) is 0 Å². The monoisotopic (exact) mass is 249 g/mol. The Bertz CT molecular complexity index is 399. The Kier molecular flexibility index (Phi) is 6.67. The number of unbranched alkanes of at least 4 members (excludes halogenated alkanes) is 3. The maximum absolute atomic E-state index is 8.78. The van der Waals surface area contributed by atoms with Crippen molar-refractivity contribution >= 4 is 0 Å². The molecule has 0 heterocycles. The summed E-state index contributed by atoms with van der Waals surface area (Å²) in [6, 6.07) is 7.19. The van der Waals surface area contributed by atoms with Gasteiger partial charge in [-0.3, -0.25) is 0 Å². The predicted molar refractivity (Wildman–Crippen MR) is 68.8 cm³/mol. The molecule has 18 heavy (non-hydrogen) atoms. The van der Waals surface area contributed by atoms with Crippen LogP contribution in [0, 0.1) is 11.3 Å². The molecule has 0 unspecified atom stereocenters. The first-order valence-electron chi connectivity index (χ1n) is 6.13. The van der Waals surface area contributed by atoms with Crippen LogP contribution in [0.5, 0.6) is 11.5 Å². The molecule has 0 atom stereocenters. The van der Waals surface area contributed by atoms with E-state index in [-0.39, 0.29) is 6.61 Å². The lowest BCUT2D eigenvalue weighted by atomic mass is 10.2. The highest BCUT2D eigenvalue weighted by Crippen LogP contribution is 2.27. The first-order valence-corrected chi connectivity index (χ1v) is 6.13. The number of aliphatic hydroxyl groups is 1. The smallest absolute Gasteiger partial charge is 0.162 e. The summed E-state index contributed by atoms with van der Waals surface area (Å²) in [6.45, 7) is 0.873. The molecule has 0 aromatic heterocycles. The van der Waals surface area contributed by atoms with E-state index < -0.39 is 0 Å². The van der Waals surface area contributed by atoms with Gasteiger partial charge in [0.05, 0.1) is 25.3 Å². The van der Waals surface area contributed by atoms with E-state index in [2.05, 4.69) is 6.07 Å². The molecule has 0 saturated heterocycles.